The highest BCUT2D eigenvalue weighted by Gasteiger charge is 2.29. The molecule has 0 saturated carbocycles. The lowest BCUT2D eigenvalue weighted by atomic mass is 10.2. The number of hydrogen-bond donors (Lipinski definition) is 1. The van der Waals surface area contributed by atoms with Crippen molar-refractivity contribution in [2.45, 2.75) is 35.1 Å². The summed E-state index contributed by atoms with van der Waals surface area (Å²) in [5.41, 5.74) is 2.41. The fourth-order valence-corrected chi connectivity index (χ4v) is 5.08. The van der Waals surface area contributed by atoms with Crippen molar-refractivity contribution < 1.29 is 4.79 Å². The average molecular weight is 404 g/mol. The second-order valence-corrected chi connectivity index (χ2v) is 7.96. The van der Waals surface area contributed by atoms with Gasteiger partial charge in [0.2, 0.25) is 5.91 Å². The molecular formula is C21H26ClN3OS. The highest BCUT2D eigenvalue weighted by atomic mass is 35.5. The predicted molar refractivity (Wildman–Crippen MR) is 115 cm³/mol. The number of rotatable bonds is 5. The van der Waals surface area contributed by atoms with Gasteiger partial charge < -0.3 is 15.1 Å². The van der Waals surface area contributed by atoms with E-state index in [0.717, 1.165) is 32.5 Å². The molecule has 1 fully saturated rings. The standard InChI is InChI=1S/C21H25N3OS.ClH/c1-22-15-16-7-6-13-23(16)21(25)12-14-24-17-8-2-4-10-19(17)26-20-11-5-3-9-18(20)24;/h2-5,8-11,16,22H,6-7,12-15H2,1H3;1H. The number of carbonyl (C=O) groups excluding carboxylic acids is 1. The van der Waals surface area contributed by atoms with Crippen molar-refractivity contribution in [2.75, 3.05) is 31.6 Å². The van der Waals surface area contributed by atoms with Crippen LogP contribution in [0.4, 0.5) is 11.4 Å². The quantitative estimate of drug-likeness (QED) is 0.806. The van der Waals surface area contributed by atoms with Crippen LogP contribution in [0.1, 0.15) is 19.3 Å². The Labute approximate surface area is 171 Å². The summed E-state index contributed by atoms with van der Waals surface area (Å²) in [7, 11) is 1.96. The van der Waals surface area contributed by atoms with E-state index in [-0.39, 0.29) is 18.3 Å². The zero-order chi connectivity index (χ0) is 17.9. The third-order valence-electron chi connectivity index (χ3n) is 5.22. The third-order valence-corrected chi connectivity index (χ3v) is 6.35. The first-order valence-corrected chi connectivity index (χ1v) is 10.2. The van der Waals surface area contributed by atoms with E-state index in [4.69, 9.17) is 0 Å². The lowest BCUT2D eigenvalue weighted by Crippen LogP contribution is -2.41. The van der Waals surface area contributed by atoms with Gasteiger partial charge in [-0.1, -0.05) is 36.0 Å². The smallest absolute Gasteiger partial charge is 0.224 e. The van der Waals surface area contributed by atoms with Crippen molar-refractivity contribution in [3.8, 4) is 0 Å². The van der Waals surface area contributed by atoms with Gasteiger partial charge in [-0.3, -0.25) is 4.79 Å². The number of nitrogens with zero attached hydrogens (tertiary/aromatic N) is 2. The number of anilines is 2. The number of amides is 1. The van der Waals surface area contributed by atoms with Gasteiger partial charge in [0.15, 0.2) is 0 Å². The van der Waals surface area contributed by atoms with Crippen molar-refractivity contribution in [1.82, 2.24) is 10.2 Å². The van der Waals surface area contributed by atoms with Gasteiger partial charge in [0, 0.05) is 41.9 Å². The summed E-state index contributed by atoms with van der Waals surface area (Å²) in [6, 6.07) is 17.3. The molecule has 2 aliphatic heterocycles. The molecule has 4 nitrogen and oxygen atoms in total. The Morgan fingerprint density at radius 3 is 2.37 bits per heavy atom. The van der Waals surface area contributed by atoms with Crippen LogP contribution in [0.15, 0.2) is 58.3 Å². The zero-order valence-corrected chi connectivity index (χ0v) is 17.2. The van der Waals surface area contributed by atoms with Gasteiger partial charge in [-0.2, -0.15) is 0 Å². The second kappa shape index (κ2) is 9.00. The van der Waals surface area contributed by atoms with E-state index in [2.05, 4.69) is 63.6 Å². The Hall–Kier alpha value is -1.69. The first-order valence-electron chi connectivity index (χ1n) is 9.35. The number of fused-ring (bicyclic) bond motifs is 2. The van der Waals surface area contributed by atoms with Crippen molar-refractivity contribution in [3.63, 3.8) is 0 Å². The van der Waals surface area contributed by atoms with E-state index >= 15 is 0 Å². The molecule has 1 atom stereocenters. The monoisotopic (exact) mass is 403 g/mol. The van der Waals surface area contributed by atoms with E-state index in [1.807, 2.05) is 18.8 Å². The lowest BCUT2D eigenvalue weighted by Gasteiger charge is -2.33. The highest BCUT2D eigenvalue weighted by Crippen LogP contribution is 2.47. The molecule has 2 aliphatic rings. The number of hydrogen-bond acceptors (Lipinski definition) is 4. The zero-order valence-electron chi connectivity index (χ0n) is 15.6. The first-order chi connectivity index (χ1) is 12.8. The number of benzene rings is 2. The minimum atomic E-state index is 0. The van der Waals surface area contributed by atoms with Crippen molar-refractivity contribution in [2.24, 2.45) is 0 Å². The maximum atomic E-state index is 12.9. The Balaban J connectivity index is 0.00000210. The largest absolute Gasteiger partial charge is 0.339 e. The van der Waals surface area contributed by atoms with Crippen LogP contribution in [0.5, 0.6) is 0 Å². The van der Waals surface area contributed by atoms with E-state index in [1.54, 1.807) is 0 Å². The van der Waals surface area contributed by atoms with Gasteiger partial charge >= 0.3 is 0 Å². The molecule has 0 aromatic heterocycles. The molecule has 0 bridgehead atoms. The Kier molecular flexibility index (Phi) is 6.68. The van der Waals surface area contributed by atoms with Gasteiger partial charge in [-0.15, -0.1) is 12.4 Å². The summed E-state index contributed by atoms with van der Waals surface area (Å²) < 4.78 is 0. The Bertz CT molecular complexity index is 755. The summed E-state index contributed by atoms with van der Waals surface area (Å²) in [5.74, 6) is 0.274. The molecule has 0 aliphatic carbocycles. The highest BCUT2D eigenvalue weighted by molar-refractivity contribution is 7.99. The first kappa shape index (κ1) is 20.1. The molecule has 6 heteroatoms. The molecule has 1 N–H and O–H groups in total. The molecule has 4 rings (SSSR count). The van der Waals surface area contributed by atoms with Crippen LogP contribution in [-0.2, 0) is 4.79 Å². The molecule has 0 radical (unpaired) electrons. The van der Waals surface area contributed by atoms with Crippen molar-refractivity contribution in [3.05, 3.63) is 48.5 Å². The second-order valence-electron chi connectivity index (χ2n) is 6.88. The van der Waals surface area contributed by atoms with E-state index < -0.39 is 0 Å². The summed E-state index contributed by atoms with van der Waals surface area (Å²) in [6.07, 6.45) is 2.77. The minimum Gasteiger partial charge on any atom is -0.339 e. The van der Waals surface area contributed by atoms with Gasteiger partial charge in [0.25, 0.3) is 0 Å². The molecule has 2 heterocycles. The minimum absolute atomic E-state index is 0. The van der Waals surface area contributed by atoms with Crippen LogP contribution in [0.25, 0.3) is 0 Å². The maximum absolute atomic E-state index is 12.9. The van der Waals surface area contributed by atoms with Crippen LogP contribution >= 0.6 is 24.2 Å². The third kappa shape index (κ3) is 4.10. The van der Waals surface area contributed by atoms with Gasteiger partial charge in [0.1, 0.15) is 0 Å². The van der Waals surface area contributed by atoms with Crippen molar-refractivity contribution in [1.29, 1.82) is 0 Å². The summed E-state index contributed by atoms with van der Waals surface area (Å²) >= 11 is 1.81. The Morgan fingerprint density at radius 1 is 1.11 bits per heavy atom. The van der Waals surface area contributed by atoms with Crippen LogP contribution in [0, 0.1) is 0 Å². The molecule has 1 amide bonds. The predicted octanol–water partition coefficient (Wildman–Crippen LogP) is 4.31. The number of likely N-dealkylation sites (tertiary alicyclic amines) is 1. The number of para-hydroxylation sites is 2. The van der Waals surface area contributed by atoms with Gasteiger partial charge in [-0.05, 0) is 44.2 Å². The van der Waals surface area contributed by atoms with Crippen molar-refractivity contribution >= 4 is 41.5 Å². The number of nitrogens with one attached hydrogen (secondary N) is 1. The maximum Gasteiger partial charge on any atom is 0.224 e. The summed E-state index contributed by atoms with van der Waals surface area (Å²) in [4.78, 5) is 19.8. The molecule has 0 spiro atoms. The topological polar surface area (TPSA) is 35.6 Å². The lowest BCUT2D eigenvalue weighted by molar-refractivity contribution is -0.131. The molecule has 2 aromatic carbocycles. The molecule has 27 heavy (non-hydrogen) atoms. The SMILES string of the molecule is CNCC1CCCN1C(=O)CCN1c2ccccc2Sc2ccccc21.Cl. The number of likely N-dealkylation sites (N-methyl/N-ethyl adjacent to an activating group) is 1. The number of halogens is 1. The summed E-state index contributed by atoms with van der Waals surface area (Å²) in [5, 5.41) is 3.22. The van der Waals surface area contributed by atoms with E-state index in [0.29, 0.717) is 12.5 Å². The normalized spacial score (nSPS) is 17.9. The fourth-order valence-electron chi connectivity index (χ4n) is 3.98. The molecule has 2 aromatic rings. The Morgan fingerprint density at radius 2 is 1.74 bits per heavy atom. The van der Waals surface area contributed by atoms with Gasteiger partial charge in [0.05, 0.1) is 11.4 Å². The summed E-state index contributed by atoms with van der Waals surface area (Å²) in [6.45, 7) is 2.50. The molecular weight excluding hydrogens is 378 g/mol. The molecule has 1 saturated heterocycles. The molecule has 144 valence electrons. The van der Waals surface area contributed by atoms with Crippen LogP contribution in [-0.4, -0.2) is 43.5 Å². The van der Waals surface area contributed by atoms with E-state index in [1.165, 1.54) is 21.2 Å². The molecule has 1 unspecified atom stereocenters. The van der Waals surface area contributed by atoms with Crippen LogP contribution < -0.4 is 10.2 Å². The average Bonchev–Trinajstić information content (AvgIpc) is 3.13. The number of carbonyl (C=O) groups is 1. The van der Waals surface area contributed by atoms with E-state index in [9.17, 15) is 4.79 Å². The van der Waals surface area contributed by atoms with Gasteiger partial charge in [-0.25, -0.2) is 0 Å². The fraction of sp³-hybridized carbons (Fsp3) is 0.381. The van der Waals surface area contributed by atoms with Crippen LogP contribution in [0.2, 0.25) is 0 Å². The van der Waals surface area contributed by atoms with Crippen LogP contribution in [0.3, 0.4) is 0 Å².